The third kappa shape index (κ3) is 7.21. The number of carbonyl (C=O) groups excluding carboxylic acids is 2. The molecule has 2 heterocycles. The van der Waals surface area contributed by atoms with Crippen LogP contribution in [0, 0.1) is 12.8 Å². The van der Waals surface area contributed by atoms with Gasteiger partial charge in [-0.05, 0) is 63.6 Å². The predicted molar refractivity (Wildman–Crippen MR) is 163 cm³/mol. The zero-order valence-electron chi connectivity index (χ0n) is 25.6. The van der Waals surface area contributed by atoms with E-state index < -0.39 is 23.8 Å². The first-order chi connectivity index (χ1) is 20.8. The molecular formula is C33H39N3O7. The number of aliphatic imine (C=N–C) groups is 1. The standard InChI is InChI=1S/C33H39N3O7/c1-7-41-27-14-13-24(19-21(27)2)31-26(20-36(35-31)25-11-9-8-10-12-25)30-28(32(37)42-17-15-39-5)22(3)34-23(4)29(30)33(38)43-18-16-40-6/h8-14,19-20,28,30H,7,15-18H2,1-6H3. The van der Waals surface area contributed by atoms with Gasteiger partial charge < -0.3 is 23.7 Å². The van der Waals surface area contributed by atoms with Crippen LogP contribution in [0.5, 0.6) is 5.75 Å². The first kappa shape index (κ1) is 31.7. The van der Waals surface area contributed by atoms with Crippen LogP contribution in [0.3, 0.4) is 0 Å². The maximum atomic E-state index is 13.7. The van der Waals surface area contributed by atoms with Crippen molar-refractivity contribution in [3.8, 4) is 22.7 Å². The third-order valence-corrected chi connectivity index (χ3v) is 7.20. The third-order valence-electron chi connectivity index (χ3n) is 7.20. The molecule has 10 nitrogen and oxygen atoms in total. The number of allylic oxidation sites excluding steroid dienone is 1. The van der Waals surface area contributed by atoms with Crippen LogP contribution in [-0.4, -0.2) is 74.7 Å². The average molecular weight is 590 g/mol. The summed E-state index contributed by atoms with van der Waals surface area (Å²) in [6.45, 7) is 8.56. The van der Waals surface area contributed by atoms with E-state index in [-0.39, 0.29) is 32.0 Å². The van der Waals surface area contributed by atoms with E-state index >= 15 is 0 Å². The van der Waals surface area contributed by atoms with Crippen LogP contribution in [-0.2, 0) is 28.5 Å². The van der Waals surface area contributed by atoms with E-state index in [0.717, 1.165) is 22.6 Å². The number of nitrogens with zero attached hydrogens (tertiary/aromatic N) is 3. The van der Waals surface area contributed by atoms with Crippen molar-refractivity contribution in [1.82, 2.24) is 9.78 Å². The molecule has 1 aliphatic heterocycles. The van der Waals surface area contributed by atoms with Crippen LogP contribution in [0.1, 0.15) is 37.8 Å². The summed E-state index contributed by atoms with van der Waals surface area (Å²) in [6.07, 6.45) is 1.87. The lowest BCUT2D eigenvalue weighted by Gasteiger charge is -2.31. The number of hydrogen-bond donors (Lipinski definition) is 0. The van der Waals surface area contributed by atoms with Crippen molar-refractivity contribution in [2.24, 2.45) is 10.9 Å². The number of rotatable bonds is 13. The van der Waals surface area contributed by atoms with Gasteiger partial charge in [-0.2, -0.15) is 5.10 Å². The second kappa shape index (κ2) is 14.8. The largest absolute Gasteiger partial charge is 0.494 e. The van der Waals surface area contributed by atoms with Gasteiger partial charge in [0, 0.05) is 48.9 Å². The van der Waals surface area contributed by atoms with Gasteiger partial charge in [0.25, 0.3) is 0 Å². The van der Waals surface area contributed by atoms with Crippen molar-refractivity contribution in [2.45, 2.75) is 33.6 Å². The fourth-order valence-corrected chi connectivity index (χ4v) is 5.22. The average Bonchev–Trinajstić information content (AvgIpc) is 3.44. The lowest BCUT2D eigenvalue weighted by Crippen LogP contribution is -2.37. The molecule has 0 N–H and O–H groups in total. The summed E-state index contributed by atoms with van der Waals surface area (Å²) in [5.74, 6) is -2.01. The fourth-order valence-electron chi connectivity index (χ4n) is 5.22. The molecule has 2 unspecified atom stereocenters. The van der Waals surface area contributed by atoms with Gasteiger partial charge >= 0.3 is 11.9 Å². The molecule has 1 aromatic heterocycles. The number of carbonyl (C=O) groups is 2. The molecule has 0 fully saturated rings. The highest BCUT2D eigenvalue weighted by Gasteiger charge is 2.44. The summed E-state index contributed by atoms with van der Waals surface area (Å²) in [5.41, 5.74) is 5.10. The summed E-state index contributed by atoms with van der Waals surface area (Å²) in [7, 11) is 3.07. The Balaban J connectivity index is 1.93. The Kier molecular flexibility index (Phi) is 10.9. The van der Waals surface area contributed by atoms with E-state index in [9.17, 15) is 9.59 Å². The first-order valence-electron chi connectivity index (χ1n) is 14.3. The topological polar surface area (TPSA) is 110 Å². The number of benzene rings is 2. The number of hydrogen-bond acceptors (Lipinski definition) is 9. The van der Waals surface area contributed by atoms with Gasteiger partial charge in [-0.1, -0.05) is 18.2 Å². The zero-order valence-corrected chi connectivity index (χ0v) is 25.6. The lowest BCUT2D eigenvalue weighted by atomic mass is 9.75. The van der Waals surface area contributed by atoms with Crippen molar-refractivity contribution in [1.29, 1.82) is 0 Å². The lowest BCUT2D eigenvalue weighted by molar-refractivity contribution is -0.148. The number of methoxy groups -OCH3 is 2. The van der Waals surface area contributed by atoms with Gasteiger partial charge in [-0.25, -0.2) is 9.48 Å². The van der Waals surface area contributed by atoms with Crippen molar-refractivity contribution in [3.63, 3.8) is 0 Å². The number of esters is 2. The molecule has 4 rings (SSSR count). The summed E-state index contributed by atoms with van der Waals surface area (Å²) in [4.78, 5) is 32.0. The normalized spacial score (nSPS) is 16.6. The summed E-state index contributed by atoms with van der Waals surface area (Å²) < 4.78 is 28.9. The quantitative estimate of drug-likeness (QED) is 0.201. The van der Waals surface area contributed by atoms with E-state index in [1.54, 1.807) is 18.5 Å². The van der Waals surface area contributed by atoms with E-state index in [2.05, 4.69) is 4.99 Å². The molecule has 2 atom stereocenters. The van der Waals surface area contributed by atoms with Crippen LogP contribution < -0.4 is 4.74 Å². The molecule has 0 saturated carbocycles. The Bertz CT molecular complexity index is 1490. The summed E-state index contributed by atoms with van der Waals surface area (Å²) in [6, 6.07) is 15.5. The van der Waals surface area contributed by atoms with Crippen molar-refractivity contribution >= 4 is 17.7 Å². The van der Waals surface area contributed by atoms with Crippen LogP contribution in [0.15, 0.2) is 71.0 Å². The van der Waals surface area contributed by atoms with Crippen LogP contribution >= 0.6 is 0 Å². The molecular weight excluding hydrogens is 550 g/mol. The predicted octanol–water partition coefficient (Wildman–Crippen LogP) is 5.07. The highest BCUT2D eigenvalue weighted by atomic mass is 16.6. The Hall–Kier alpha value is -4.28. The first-order valence-corrected chi connectivity index (χ1v) is 14.3. The van der Waals surface area contributed by atoms with E-state index in [1.807, 2.05) is 68.6 Å². The monoisotopic (exact) mass is 589 g/mol. The van der Waals surface area contributed by atoms with Gasteiger partial charge in [-0.15, -0.1) is 0 Å². The number of para-hydroxylation sites is 1. The molecule has 1 aliphatic rings. The van der Waals surface area contributed by atoms with Crippen LogP contribution in [0.25, 0.3) is 16.9 Å². The second-order valence-electron chi connectivity index (χ2n) is 10.1. The van der Waals surface area contributed by atoms with Crippen molar-refractivity contribution in [3.05, 3.63) is 77.1 Å². The Morgan fingerprint density at radius 2 is 1.60 bits per heavy atom. The Morgan fingerprint density at radius 1 is 0.907 bits per heavy atom. The highest BCUT2D eigenvalue weighted by molar-refractivity contribution is 6.07. The molecule has 2 aromatic carbocycles. The zero-order chi connectivity index (χ0) is 30.9. The SMILES string of the molecule is CCOc1ccc(-c2nn(-c3ccccc3)cc2C2C(C(=O)OCCOC)=C(C)N=C(C)C2C(=O)OCCOC)cc1C. The van der Waals surface area contributed by atoms with Crippen molar-refractivity contribution < 1.29 is 33.3 Å². The van der Waals surface area contributed by atoms with E-state index in [4.69, 9.17) is 28.8 Å². The minimum Gasteiger partial charge on any atom is -0.494 e. The molecule has 0 radical (unpaired) electrons. The molecule has 0 spiro atoms. The number of ether oxygens (including phenoxy) is 5. The molecule has 0 aliphatic carbocycles. The second-order valence-corrected chi connectivity index (χ2v) is 10.1. The molecule has 10 heteroatoms. The van der Waals surface area contributed by atoms with Gasteiger partial charge in [0.2, 0.25) is 0 Å². The minimum absolute atomic E-state index is 0.0543. The fraction of sp³-hybridized carbons (Fsp3) is 0.394. The molecule has 43 heavy (non-hydrogen) atoms. The molecule has 0 amide bonds. The maximum absolute atomic E-state index is 13.7. The Labute approximate surface area is 252 Å². The molecule has 3 aromatic rings. The van der Waals surface area contributed by atoms with Crippen LogP contribution in [0.4, 0.5) is 0 Å². The number of aromatic nitrogens is 2. The maximum Gasteiger partial charge on any atom is 0.336 e. The van der Waals surface area contributed by atoms with Crippen molar-refractivity contribution in [2.75, 3.05) is 47.3 Å². The molecule has 0 bridgehead atoms. The van der Waals surface area contributed by atoms with Gasteiger partial charge in [0.05, 0.1) is 36.8 Å². The van der Waals surface area contributed by atoms with Gasteiger partial charge in [-0.3, -0.25) is 9.79 Å². The van der Waals surface area contributed by atoms with Crippen LogP contribution in [0.2, 0.25) is 0 Å². The summed E-state index contributed by atoms with van der Waals surface area (Å²) in [5, 5.41) is 5.00. The molecule has 0 saturated heterocycles. The highest BCUT2D eigenvalue weighted by Crippen LogP contribution is 2.44. The van der Waals surface area contributed by atoms with E-state index in [1.165, 1.54) is 14.2 Å². The minimum atomic E-state index is -0.901. The summed E-state index contributed by atoms with van der Waals surface area (Å²) >= 11 is 0. The smallest absolute Gasteiger partial charge is 0.336 e. The van der Waals surface area contributed by atoms with E-state index in [0.29, 0.717) is 29.3 Å². The Morgan fingerprint density at radius 3 is 2.26 bits per heavy atom. The van der Waals surface area contributed by atoms with Gasteiger partial charge in [0.15, 0.2) is 0 Å². The van der Waals surface area contributed by atoms with Gasteiger partial charge in [0.1, 0.15) is 24.9 Å². The molecule has 228 valence electrons. The number of aryl methyl sites for hydroxylation is 1.